The third-order valence-electron chi connectivity index (χ3n) is 4.45. The van der Waals surface area contributed by atoms with Crippen molar-refractivity contribution in [1.29, 1.82) is 0 Å². The van der Waals surface area contributed by atoms with Crippen LogP contribution in [-0.4, -0.2) is 11.7 Å². The van der Waals surface area contributed by atoms with Gasteiger partial charge in [0.15, 0.2) is 0 Å². The first kappa shape index (κ1) is 11.9. The molecule has 0 radical (unpaired) electrons. The summed E-state index contributed by atoms with van der Waals surface area (Å²) in [5.41, 5.74) is 4.71. The van der Waals surface area contributed by atoms with Gasteiger partial charge in [-0.1, -0.05) is 35.9 Å². The van der Waals surface area contributed by atoms with Crippen molar-refractivity contribution in [3.8, 4) is 23.0 Å². The zero-order valence-corrected chi connectivity index (χ0v) is 12.0. The monoisotopic (exact) mass is 285 g/mol. The van der Waals surface area contributed by atoms with Crippen LogP contribution in [0, 0.1) is 6.92 Å². The number of fused-ring (bicyclic) bond motifs is 4. The lowest BCUT2D eigenvalue weighted by Gasteiger charge is -2.33. The van der Waals surface area contributed by atoms with E-state index in [0.29, 0.717) is 0 Å². The van der Waals surface area contributed by atoms with E-state index in [1.165, 1.54) is 16.5 Å². The number of aryl methyl sites for hydroxylation is 1. The van der Waals surface area contributed by atoms with Gasteiger partial charge in [-0.2, -0.15) is 0 Å². The van der Waals surface area contributed by atoms with Crippen LogP contribution in [-0.2, 0) is 0 Å². The first-order valence-corrected chi connectivity index (χ1v) is 7.35. The van der Waals surface area contributed by atoms with E-state index in [9.17, 15) is 0 Å². The molecule has 0 fully saturated rings. The second-order valence-electron chi connectivity index (χ2n) is 5.71. The van der Waals surface area contributed by atoms with Crippen LogP contribution in [0.3, 0.4) is 0 Å². The smallest absolute Gasteiger partial charge is 0.261 e. The van der Waals surface area contributed by atoms with E-state index < -0.39 is 0 Å². The lowest BCUT2D eigenvalue weighted by Crippen LogP contribution is -2.58. The van der Waals surface area contributed by atoms with Gasteiger partial charge < -0.3 is 9.47 Å². The Morgan fingerprint density at radius 3 is 2.36 bits per heavy atom. The molecule has 3 aromatic rings. The summed E-state index contributed by atoms with van der Waals surface area (Å²) in [4.78, 5) is 4.26. The normalized spacial score (nSPS) is 13.4. The first-order chi connectivity index (χ1) is 10.8. The topological polar surface area (TPSA) is 31.4 Å². The summed E-state index contributed by atoms with van der Waals surface area (Å²) in [5, 5.41) is 0. The summed E-state index contributed by atoms with van der Waals surface area (Å²) in [6.07, 6.45) is 3.54. The summed E-state index contributed by atoms with van der Waals surface area (Å²) < 4.78 is 12.1. The summed E-state index contributed by atoms with van der Waals surface area (Å²) in [6.45, 7) is 2.27. The average Bonchev–Trinajstić information content (AvgIpc) is 2.55. The average molecular weight is 285 g/mol. The number of hydrogen-bond donors (Lipinski definition) is 0. The number of nitrogens with zero attached hydrogens (tertiary/aromatic N) is 1. The Hall–Kier alpha value is -2.75. The fourth-order valence-electron chi connectivity index (χ4n) is 3.50. The van der Waals surface area contributed by atoms with E-state index in [4.69, 9.17) is 9.47 Å². The molecule has 0 saturated carbocycles. The lowest BCUT2D eigenvalue weighted by molar-refractivity contribution is 0.460. The fraction of sp³-hybridized carbons (Fsp3) is 0.0556. The molecule has 104 valence electrons. The van der Waals surface area contributed by atoms with Crippen LogP contribution in [0.4, 0.5) is 0 Å². The van der Waals surface area contributed by atoms with Crippen molar-refractivity contribution in [2.45, 2.75) is 6.92 Å². The molecule has 2 aromatic carbocycles. The molecule has 0 saturated heterocycles. The van der Waals surface area contributed by atoms with E-state index in [0.717, 1.165) is 28.5 Å². The maximum absolute atomic E-state index is 6.08. The van der Waals surface area contributed by atoms with Gasteiger partial charge >= 0.3 is 0 Å². The van der Waals surface area contributed by atoms with Crippen LogP contribution in [0.1, 0.15) is 5.56 Å². The zero-order chi connectivity index (χ0) is 14.7. The standard InChI is InChI=1S/C18H12BNO2/c1-11-5-4-8-14-17(11)19-12-6-2-3-7-13(12)21-15-9-20-10-16(22-14)18(15)19/h2-10H,1H3. The molecule has 1 aromatic heterocycles. The molecule has 2 aliphatic rings. The van der Waals surface area contributed by atoms with Crippen molar-refractivity contribution in [2.24, 2.45) is 0 Å². The molecule has 4 heteroatoms. The van der Waals surface area contributed by atoms with Gasteiger partial charge in [0.1, 0.15) is 23.0 Å². The summed E-state index contributed by atoms with van der Waals surface area (Å²) in [7, 11) is 0. The molecule has 0 amide bonds. The van der Waals surface area contributed by atoms with Gasteiger partial charge in [0.05, 0.1) is 12.4 Å². The highest BCUT2D eigenvalue weighted by molar-refractivity contribution is 6.98. The molecule has 0 N–H and O–H groups in total. The van der Waals surface area contributed by atoms with Crippen LogP contribution < -0.4 is 25.9 Å². The van der Waals surface area contributed by atoms with E-state index >= 15 is 0 Å². The van der Waals surface area contributed by atoms with Crippen LogP contribution in [0.15, 0.2) is 54.9 Å². The van der Waals surface area contributed by atoms with Gasteiger partial charge in [-0.15, -0.1) is 0 Å². The Bertz CT molecular complexity index is 888. The Morgan fingerprint density at radius 2 is 1.50 bits per heavy atom. The minimum absolute atomic E-state index is 0.142. The van der Waals surface area contributed by atoms with Crippen molar-refractivity contribution < 1.29 is 9.47 Å². The summed E-state index contributed by atoms with van der Waals surface area (Å²) in [6, 6.07) is 14.4. The Balaban J connectivity index is 1.89. The molecule has 0 spiro atoms. The van der Waals surface area contributed by atoms with Crippen molar-refractivity contribution in [3.05, 3.63) is 60.4 Å². The van der Waals surface area contributed by atoms with Crippen LogP contribution >= 0.6 is 0 Å². The zero-order valence-electron chi connectivity index (χ0n) is 12.0. The third-order valence-corrected chi connectivity index (χ3v) is 4.45. The fourth-order valence-corrected chi connectivity index (χ4v) is 3.50. The Morgan fingerprint density at radius 1 is 0.773 bits per heavy atom. The number of para-hydroxylation sites is 1. The second-order valence-corrected chi connectivity index (χ2v) is 5.71. The highest BCUT2D eigenvalue weighted by Gasteiger charge is 2.40. The molecule has 0 unspecified atom stereocenters. The molecule has 0 aliphatic carbocycles. The molecular formula is C18H12BNO2. The van der Waals surface area contributed by atoms with Gasteiger partial charge in [-0.25, -0.2) is 0 Å². The van der Waals surface area contributed by atoms with E-state index in [2.05, 4.69) is 30.1 Å². The van der Waals surface area contributed by atoms with Crippen molar-refractivity contribution in [2.75, 3.05) is 0 Å². The van der Waals surface area contributed by atoms with Gasteiger partial charge in [0.2, 0.25) is 0 Å². The molecule has 2 aliphatic heterocycles. The predicted octanol–water partition coefficient (Wildman–Crippen LogP) is 2.12. The van der Waals surface area contributed by atoms with Gasteiger partial charge in [-0.3, -0.25) is 4.98 Å². The van der Waals surface area contributed by atoms with Crippen LogP contribution in [0.5, 0.6) is 23.0 Å². The van der Waals surface area contributed by atoms with Gasteiger partial charge in [-0.05, 0) is 30.0 Å². The van der Waals surface area contributed by atoms with Crippen molar-refractivity contribution in [3.63, 3.8) is 0 Å². The van der Waals surface area contributed by atoms with Crippen molar-refractivity contribution in [1.82, 2.24) is 4.98 Å². The quantitative estimate of drug-likeness (QED) is 0.408. The Labute approximate surface area is 128 Å². The largest absolute Gasteiger partial charge is 0.457 e. The maximum atomic E-state index is 6.08. The predicted molar refractivity (Wildman–Crippen MR) is 86.7 cm³/mol. The molecule has 3 nitrogen and oxygen atoms in total. The van der Waals surface area contributed by atoms with E-state index in [1.54, 1.807) is 12.4 Å². The molecule has 3 heterocycles. The number of ether oxygens (including phenoxy) is 2. The lowest BCUT2D eigenvalue weighted by atomic mass is 9.34. The maximum Gasteiger partial charge on any atom is 0.261 e. The van der Waals surface area contributed by atoms with Crippen LogP contribution in [0.2, 0.25) is 0 Å². The van der Waals surface area contributed by atoms with Gasteiger partial charge in [0, 0.05) is 5.46 Å². The summed E-state index contributed by atoms with van der Waals surface area (Å²) in [5.74, 6) is 3.38. The number of rotatable bonds is 0. The molecule has 0 bridgehead atoms. The van der Waals surface area contributed by atoms with Crippen LogP contribution in [0.25, 0.3) is 0 Å². The first-order valence-electron chi connectivity index (χ1n) is 7.35. The number of aromatic nitrogens is 1. The second kappa shape index (κ2) is 4.13. The highest BCUT2D eigenvalue weighted by atomic mass is 16.5. The highest BCUT2D eigenvalue weighted by Crippen LogP contribution is 2.33. The summed E-state index contributed by atoms with van der Waals surface area (Å²) >= 11 is 0. The molecule has 22 heavy (non-hydrogen) atoms. The molecule has 0 atom stereocenters. The molecule has 5 rings (SSSR count). The number of hydrogen-bond acceptors (Lipinski definition) is 3. The van der Waals surface area contributed by atoms with E-state index in [1.807, 2.05) is 24.3 Å². The van der Waals surface area contributed by atoms with E-state index in [-0.39, 0.29) is 6.71 Å². The van der Waals surface area contributed by atoms with Crippen molar-refractivity contribution >= 4 is 23.1 Å². The van der Waals surface area contributed by atoms with Gasteiger partial charge in [0.25, 0.3) is 6.71 Å². The minimum Gasteiger partial charge on any atom is -0.457 e. The third kappa shape index (κ3) is 1.44. The number of benzene rings is 2. The number of pyridine rings is 1. The minimum atomic E-state index is 0.142. The SMILES string of the molecule is Cc1cccc2c1B1c3ccccc3Oc3cncc(c31)O2. The molecular weight excluding hydrogens is 273 g/mol. The Kier molecular flexibility index (Phi) is 2.23.